The maximum Gasteiger partial charge on any atom is 0.340 e. The molecule has 0 radical (unpaired) electrons. The second-order valence-electron chi connectivity index (χ2n) is 3.15. The van der Waals surface area contributed by atoms with E-state index in [9.17, 15) is 9.18 Å². The Labute approximate surface area is 82.2 Å². The van der Waals surface area contributed by atoms with E-state index in [2.05, 4.69) is 4.74 Å². The lowest BCUT2D eigenvalue weighted by Crippen LogP contribution is -2.22. The van der Waals surface area contributed by atoms with Crippen LogP contribution in [-0.4, -0.2) is 26.3 Å². The molecule has 0 bridgehead atoms. The lowest BCUT2D eigenvalue weighted by Gasteiger charge is -2.21. The van der Waals surface area contributed by atoms with Crippen molar-refractivity contribution < 1.29 is 18.7 Å². The van der Waals surface area contributed by atoms with Gasteiger partial charge in [0.25, 0.3) is 0 Å². The quantitative estimate of drug-likeness (QED) is 0.635. The highest BCUT2D eigenvalue weighted by Crippen LogP contribution is 2.26. The Morgan fingerprint density at radius 1 is 1.43 bits per heavy atom. The van der Waals surface area contributed by atoms with Gasteiger partial charge in [-0.25, -0.2) is 9.18 Å². The molecule has 0 aromatic carbocycles. The summed E-state index contributed by atoms with van der Waals surface area (Å²) in [5.41, 5.74) is -0.0201. The van der Waals surface area contributed by atoms with E-state index >= 15 is 0 Å². The number of halogens is 1. The Bertz CT molecular complexity index is 294. The summed E-state index contributed by atoms with van der Waals surface area (Å²) in [6, 6.07) is 0. The second kappa shape index (κ2) is 4.37. The van der Waals surface area contributed by atoms with Gasteiger partial charge in [-0.05, 0) is 6.08 Å². The number of rotatable bonds is 2. The molecular formula is C10H13FO3. The zero-order chi connectivity index (χ0) is 10.7. The molecule has 1 rings (SSSR count). The smallest absolute Gasteiger partial charge is 0.340 e. The van der Waals surface area contributed by atoms with Crippen LogP contribution in [0.15, 0.2) is 23.6 Å². The van der Waals surface area contributed by atoms with Crippen molar-refractivity contribution in [2.75, 3.05) is 14.2 Å². The fourth-order valence-electron chi connectivity index (χ4n) is 1.38. The maximum atomic E-state index is 13.3. The molecule has 2 atom stereocenters. The summed E-state index contributed by atoms with van der Waals surface area (Å²) in [6.07, 6.45) is 2.50. The highest BCUT2D eigenvalue weighted by molar-refractivity contribution is 5.93. The first-order valence-corrected chi connectivity index (χ1v) is 4.30. The average molecular weight is 200 g/mol. The Kier molecular flexibility index (Phi) is 3.41. The van der Waals surface area contributed by atoms with Crippen molar-refractivity contribution >= 4 is 5.97 Å². The van der Waals surface area contributed by atoms with Crippen molar-refractivity contribution in [1.29, 1.82) is 0 Å². The van der Waals surface area contributed by atoms with Crippen LogP contribution < -0.4 is 0 Å². The molecule has 4 heteroatoms. The largest absolute Gasteiger partial charge is 0.465 e. The van der Waals surface area contributed by atoms with E-state index in [0.717, 1.165) is 0 Å². The normalized spacial score (nSPS) is 26.6. The van der Waals surface area contributed by atoms with Crippen molar-refractivity contribution in [3.05, 3.63) is 23.6 Å². The van der Waals surface area contributed by atoms with Gasteiger partial charge < -0.3 is 9.47 Å². The van der Waals surface area contributed by atoms with Crippen LogP contribution in [0.2, 0.25) is 0 Å². The first-order valence-electron chi connectivity index (χ1n) is 4.30. The number of hydrogen-bond acceptors (Lipinski definition) is 3. The third-order valence-electron chi connectivity index (χ3n) is 2.19. The molecule has 0 saturated carbocycles. The van der Waals surface area contributed by atoms with Crippen molar-refractivity contribution in [3.8, 4) is 0 Å². The second-order valence-corrected chi connectivity index (χ2v) is 3.15. The molecule has 2 unspecified atom stereocenters. The van der Waals surface area contributed by atoms with Crippen molar-refractivity contribution in [3.63, 3.8) is 0 Å². The van der Waals surface area contributed by atoms with Crippen LogP contribution in [0.5, 0.6) is 0 Å². The van der Waals surface area contributed by atoms with Gasteiger partial charge >= 0.3 is 5.97 Å². The zero-order valence-electron chi connectivity index (χ0n) is 8.41. The number of carbonyl (C=O) groups is 1. The number of carbonyl (C=O) groups excluding carboxylic acids is 1. The fourth-order valence-corrected chi connectivity index (χ4v) is 1.38. The number of hydrogen-bond donors (Lipinski definition) is 0. The summed E-state index contributed by atoms with van der Waals surface area (Å²) in [4.78, 5) is 11.1. The van der Waals surface area contributed by atoms with E-state index in [0.29, 0.717) is 0 Å². The van der Waals surface area contributed by atoms with E-state index < -0.39 is 11.8 Å². The molecule has 0 aliphatic heterocycles. The van der Waals surface area contributed by atoms with Crippen LogP contribution in [0.4, 0.5) is 4.39 Å². The lowest BCUT2D eigenvalue weighted by molar-refractivity contribution is -0.136. The molecule has 0 aromatic rings. The molecule has 1 aliphatic rings. The number of ether oxygens (including phenoxy) is 2. The predicted molar refractivity (Wildman–Crippen MR) is 49.3 cm³/mol. The predicted octanol–water partition coefficient (Wildman–Crippen LogP) is 1.60. The number of methoxy groups -OCH3 is 2. The molecule has 0 amide bonds. The van der Waals surface area contributed by atoms with Gasteiger partial charge in [0.05, 0.1) is 18.8 Å². The maximum absolute atomic E-state index is 13.3. The Balaban J connectivity index is 2.90. The highest BCUT2D eigenvalue weighted by atomic mass is 19.1. The number of esters is 1. The minimum Gasteiger partial charge on any atom is -0.465 e. The molecule has 0 saturated heterocycles. The van der Waals surface area contributed by atoms with Gasteiger partial charge in [0.15, 0.2) is 0 Å². The molecule has 78 valence electrons. The fraction of sp³-hybridized carbons (Fsp3) is 0.500. The molecule has 0 spiro atoms. The van der Waals surface area contributed by atoms with E-state index in [4.69, 9.17) is 4.74 Å². The van der Waals surface area contributed by atoms with Gasteiger partial charge in [-0.2, -0.15) is 0 Å². The third kappa shape index (κ3) is 2.01. The van der Waals surface area contributed by atoms with Gasteiger partial charge in [0, 0.05) is 13.0 Å². The molecule has 1 aliphatic carbocycles. The summed E-state index contributed by atoms with van der Waals surface area (Å²) in [6.45, 7) is 1.85. The van der Waals surface area contributed by atoms with Gasteiger partial charge in [-0.1, -0.05) is 13.0 Å². The first-order chi connectivity index (χ1) is 6.60. The van der Waals surface area contributed by atoms with Crippen molar-refractivity contribution in [1.82, 2.24) is 0 Å². The van der Waals surface area contributed by atoms with E-state index in [1.165, 1.54) is 26.4 Å². The van der Waals surface area contributed by atoms with E-state index in [1.54, 1.807) is 0 Å². The van der Waals surface area contributed by atoms with Crippen LogP contribution in [-0.2, 0) is 14.3 Å². The zero-order valence-corrected chi connectivity index (χ0v) is 8.41. The Morgan fingerprint density at radius 3 is 2.57 bits per heavy atom. The van der Waals surface area contributed by atoms with Crippen molar-refractivity contribution in [2.24, 2.45) is 5.92 Å². The van der Waals surface area contributed by atoms with Crippen LogP contribution in [0.1, 0.15) is 6.92 Å². The summed E-state index contributed by atoms with van der Waals surface area (Å²) in [7, 11) is 2.73. The topological polar surface area (TPSA) is 35.5 Å². The molecule has 0 fully saturated rings. The van der Waals surface area contributed by atoms with Crippen molar-refractivity contribution in [2.45, 2.75) is 13.0 Å². The summed E-state index contributed by atoms with van der Waals surface area (Å²) >= 11 is 0. The lowest BCUT2D eigenvalue weighted by atomic mass is 9.94. The van der Waals surface area contributed by atoms with Crippen LogP contribution in [0.25, 0.3) is 0 Å². The van der Waals surface area contributed by atoms with Gasteiger partial charge in [0.2, 0.25) is 0 Å². The minimum atomic E-state index is -0.653. The Hall–Kier alpha value is -1.16. The average Bonchev–Trinajstić information content (AvgIpc) is 2.19. The summed E-state index contributed by atoms with van der Waals surface area (Å²) in [5.74, 6) is -1.27. The first kappa shape index (κ1) is 10.9. The molecule has 3 nitrogen and oxygen atoms in total. The van der Waals surface area contributed by atoms with Gasteiger partial charge in [-0.3, -0.25) is 0 Å². The van der Waals surface area contributed by atoms with Gasteiger partial charge in [-0.15, -0.1) is 0 Å². The standard InChI is InChI=1S/C10H13FO3/c1-6-4-7(10(12)14-3)8(11)5-9(6)13-2/h4-6,9H,1-3H3. The van der Waals surface area contributed by atoms with Crippen LogP contribution >= 0.6 is 0 Å². The summed E-state index contributed by atoms with van der Waals surface area (Å²) in [5, 5.41) is 0. The van der Waals surface area contributed by atoms with E-state index in [1.807, 2.05) is 6.92 Å². The molecule has 0 aromatic heterocycles. The summed E-state index contributed by atoms with van der Waals surface area (Å²) < 4.78 is 22.8. The van der Waals surface area contributed by atoms with Gasteiger partial charge in [0.1, 0.15) is 5.83 Å². The molecular weight excluding hydrogens is 187 g/mol. The third-order valence-corrected chi connectivity index (χ3v) is 2.19. The SMILES string of the molecule is COC(=O)C1=CC(C)C(OC)C=C1F. The molecule has 0 N–H and O–H groups in total. The van der Waals surface area contributed by atoms with Crippen LogP contribution in [0, 0.1) is 5.92 Å². The molecule has 14 heavy (non-hydrogen) atoms. The van der Waals surface area contributed by atoms with Crippen LogP contribution in [0.3, 0.4) is 0 Å². The monoisotopic (exact) mass is 200 g/mol. The highest BCUT2D eigenvalue weighted by Gasteiger charge is 2.25. The Morgan fingerprint density at radius 2 is 2.07 bits per heavy atom. The minimum absolute atomic E-state index is 0.0201. The molecule has 0 heterocycles. The van der Waals surface area contributed by atoms with E-state index in [-0.39, 0.29) is 17.6 Å².